The Kier molecular flexibility index (Phi) is 3.49. The molecule has 1 aromatic carbocycles. The van der Waals surface area contributed by atoms with Crippen molar-refractivity contribution < 1.29 is 13.5 Å². The van der Waals surface area contributed by atoms with Crippen LogP contribution in [0.3, 0.4) is 0 Å². The highest BCUT2D eigenvalue weighted by atomic mass is 32.2. The van der Waals surface area contributed by atoms with E-state index >= 15 is 0 Å². The molecule has 0 amide bonds. The quantitative estimate of drug-likeness (QED) is 0.918. The number of nitrogens with zero attached hydrogens (tertiary/aromatic N) is 1. The van der Waals surface area contributed by atoms with Crippen LogP contribution in [-0.4, -0.2) is 36.5 Å². The van der Waals surface area contributed by atoms with Gasteiger partial charge in [0.1, 0.15) is 0 Å². The lowest BCUT2D eigenvalue weighted by atomic mass is 9.85. The number of benzene rings is 1. The smallest absolute Gasteiger partial charge is 0.243 e. The maximum absolute atomic E-state index is 12.4. The second-order valence-electron chi connectivity index (χ2n) is 5.78. The maximum Gasteiger partial charge on any atom is 0.243 e. The van der Waals surface area contributed by atoms with Crippen molar-refractivity contribution >= 4 is 10.0 Å². The molecule has 1 saturated heterocycles. The van der Waals surface area contributed by atoms with Gasteiger partial charge < -0.3 is 5.11 Å². The van der Waals surface area contributed by atoms with Crippen LogP contribution < -0.4 is 0 Å². The van der Waals surface area contributed by atoms with Gasteiger partial charge in [0, 0.05) is 13.1 Å². The lowest BCUT2D eigenvalue weighted by Gasteiger charge is -2.47. The van der Waals surface area contributed by atoms with Gasteiger partial charge in [-0.1, -0.05) is 19.9 Å². The largest absolute Gasteiger partial charge is 0.387 e. The van der Waals surface area contributed by atoms with Crippen molar-refractivity contribution in [2.75, 3.05) is 13.1 Å². The van der Waals surface area contributed by atoms with Crippen LogP contribution in [-0.2, 0) is 10.0 Å². The molecule has 1 aliphatic heterocycles. The van der Waals surface area contributed by atoms with Crippen molar-refractivity contribution in [3.05, 3.63) is 29.3 Å². The number of hydrogen-bond acceptors (Lipinski definition) is 3. The van der Waals surface area contributed by atoms with E-state index in [0.29, 0.717) is 4.90 Å². The highest BCUT2D eigenvalue weighted by Crippen LogP contribution is 2.33. The minimum Gasteiger partial charge on any atom is -0.387 e. The van der Waals surface area contributed by atoms with E-state index in [-0.39, 0.29) is 19.0 Å². The Hall–Kier alpha value is -0.910. The summed E-state index contributed by atoms with van der Waals surface area (Å²) in [6, 6.07) is 5.14. The van der Waals surface area contributed by atoms with E-state index in [0.717, 1.165) is 11.1 Å². The maximum atomic E-state index is 12.4. The molecule has 2 rings (SSSR count). The summed E-state index contributed by atoms with van der Waals surface area (Å²) in [6.07, 6.45) is 0. The van der Waals surface area contributed by atoms with E-state index in [1.165, 1.54) is 4.31 Å². The van der Waals surface area contributed by atoms with Crippen molar-refractivity contribution in [1.82, 2.24) is 4.31 Å². The standard InChI is InChI=1S/C14H21NO3S/c1-10(2)14(16)8-15(9-14)19(17,18)13-6-5-11(3)12(4)7-13/h5-7,10,16H,8-9H2,1-4H3. The predicted molar refractivity (Wildman–Crippen MR) is 74.5 cm³/mol. The van der Waals surface area contributed by atoms with Gasteiger partial charge in [0.25, 0.3) is 0 Å². The van der Waals surface area contributed by atoms with Gasteiger partial charge in [-0.05, 0) is 43.0 Å². The van der Waals surface area contributed by atoms with Crippen LogP contribution in [0.2, 0.25) is 0 Å². The van der Waals surface area contributed by atoms with Gasteiger partial charge in [0.2, 0.25) is 10.0 Å². The number of hydrogen-bond donors (Lipinski definition) is 1. The van der Waals surface area contributed by atoms with Gasteiger partial charge in [-0.15, -0.1) is 0 Å². The van der Waals surface area contributed by atoms with E-state index in [1.807, 2.05) is 33.8 Å². The molecule has 4 nitrogen and oxygen atoms in total. The first-order chi connectivity index (χ1) is 8.67. The van der Waals surface area contributed by atoms with E-state index in [2.05, 4.69) is 0 Å². The second-order valence-corrected chi connectivity index (χ2v) is 7.72. The molecule has 0 spiro atoms. The van der Waals surface area contributed by atoms with Gasteiger partial charge in [0.15, 0.2) is 0 Å². The molecule has 0 aromatic heterocycles. The summed E-state index contributed by atoms with van der Waals surface area (Å²) in [7, 11) is -3.47. The summed E-state index contributed by atoms with van der Waals surface area (Å²) < 4.78 is 26.2. The Morgan fingerprint density at radius 3 is 2.26 bits per heavy atom. The van der Waals surface area contributed by atoms with Crippen molar-refractivity contribution in [2.24, 2.45) is 5.92 Å². The molecule has 106 valence electrons. The molecule has 5 heteroatoms. The molecule has 0 bridgehead atoms. The molecule has 19 heavy (non-hydrogen) atoms. The highest BCUT2D eigenvalue weighted by molar-refractivity contribution is 7.89. The van der Waals surface area contributed by atoms with Crippen molar-refractivity contribution in [3.8, 4) is 0 Å². The third-order valence-corrected chi connectivity index (χ3v) is 5.88. The molecule has 0 unspecified atom stereocenters. The summed E-state index contributed by atoms with van der Waals surface area (Å²) in [4.78, 5) is 0.307. The summed E-state index contributed by atoms with van der Waals surface area (Å²) in [6.45, 7) is 8.02. The Balaban J connectivity index is 2.23. The molecule has 1 N–H and O–H groups in total. The van der Waals surface area contributed by atoms with Crippen LogP contribution in [0, 0.1) is 19.8 Å². The monoisotopic (exact) mass is 283 g/mol. The first-order valence-electron chi connectivity index (χ1n) is 6.46. The first-order valence-corrected chi connectivity index (χ1v) is 7.90. The zero-order chi connectivity index (χ0) is 14.4. The van der Waals surface area contributed by atoms with E-state index in [1.54, 1.807) is 12.1 Å². The normalized spacial score (nSPS) is 19.5. The molecule has 0 radical (unpaired) electrons. The number of aliphatic hydroxyl groups is 1. The summed E-state index contributed by atoms with van der Waals surface area (Å²) in [5.41, 5.74) is 1.15. The molecule has 1 aliphatic rings. The SMILES string of the molecule is Cc1ccc(S(=O)(=O)N2CC(O)(C(C)C)C2)cc1C. The summed E-state index contributed by atoms with van der Waals surface area (Å²) in [5.74, 6) is 0.0544. The van der Waals surface area contributed by atoms with Gasteiger partial charge in [-0.25, -0.2) is 8.42 Å². The van der Waals surface area contributed by atoms with Crippen molar-refractivity contribution in [3.63, 3.8) is 0 Å². The van der Waals surface area contributed by atoms with Crippen LogP contribution in [0.4, 0.5) is 0 Å². The topological polar surface area (TPSA) is 57.6 Å². The summed E-state index contributed by atoms with van der Waals surface area (Å²) >= 11 is 0. The van der Waals surface area contributed by atoms with Gasteiger partial charge in [-0.3, -0.25) is 0 Å². The number of aryl methyl sites for hydroxylation is 2. The molecule has 1 fully saturated rings. The number of rotatable bonds is 3. The highest BCUT2D eigenvalue weighted by Gasteiger charge is 2.49. The molecular weight excluding hydrogens is 262 g/mol. The second kappa shape index (κ2) is 4.58. The summed E-state index contributed by atoms with van der Waals surface area (Å²) in [5, 5.41) is 10.2. The number of sulfonamides is 1. The van der Waals surface area contributed by atoms with Crippen LogP contribution in [0.1, 0.15) is 25.0 Å². The average molecular weight is 283 g/mol. The molecule has 1 heterocycles. The van der Waals surface area contributed by atoms with Gasteiger partial charge in [0.05, 0.1) is 10.5 Å². The van der Waals surface area contributed by atoms with Gasteiger partial charge in [-0.2, -0.15) is 4.31 Å². The number of β-amino-alcohol motifs (C(OH)–C–C–N with tert-alkyl or cyclic N) is 1. The third kappa shape index (κ3) is 2.42. The Bertz CT molecular complexity index is 587. The Morgan fingerprint density at radius 2 is 1.79 bits per heavy atom. The van der Waals surface area contributed by atoms with Crippen LogP contribution >= 0.6 is 0 Å². The lowest BCUT2D eigenvalue weighted by Crippen LogP contribution is -2.65. The van der Waals surface area contributed by atoms with E-state index in [9.17, 15) is 13.5 Å². The fraction of sp³-hybridized carbons (Fsp3) is 0.571. The lowest BCUT2D eigenvalue weighted by molar-refractivity contribution is -0.0932. The third-order valence-electron chi connectivity index (χ3n) is 4.09. The van der Waals surface area contributed by atoms with E-state index in [4.69, 9.17) is 0 Å². The molecular formula is C14H21NO3S. The molecule has 0 aliphatic carbocycles. The molecule has 0 atom stereocenters. The fourth-order valence-corrected chi connectivity index (χ4v) is 3.77. The zero-order valence-electron chi connectivity index (χ0n) is 11.8. The first kappa shape index (κ1) is 14.5. The zero-order valence-corrected chi connectivity index (χ0v) is 12.7. The average Bonchev–Trinajstić information content (AvgIpc) is 2.27. The van der Waals surface area contributed by atoms with Crippen LogP contribution in [0.15, 0.2) is 23.1 Å². The van der Waals surface area contributed by atoms with Crippen molar-refractivity contribution in [1.29, 1.82) is 0 Å². The van der Waals surface area contributed by atoms with E-state index < -0.39 is 15.6 Å². The molecule has 0 saturated carbocycles. The van der Waals surface area contributed by atoms with Crippen LogP contribution in [0.5, 0.6) is 0 Å². The van der Waals surface area contributed by atoms with Gasteiger partial charge >= 0.3 is 0 Å². The Labute approximate surface area is 115 Å². The fourth-order valence-electron chi connectivity index (χ4n) is 2.12. The molecule has 1 aromatic rings. The predicted octanol–water partition coefficient (Wildman–Crippen LogP) is 1.69. The van der Waals surface area contributed by atoms with Crippen LogP contribution in [0.25, 0.3) is 0 Å². The minimum atomic E-state index is -3.47. The Morgan fingerprint density at radius 1 is 1.21 bits per heavy atom. The minimum absolute atomic E-state index is 0.0544. The van der Waals surface area contributed by atoms with Crippen molar-refractivity contribution in [2.45, 2.75) is 38.2 Å².